The third-order valence-corrected chi connectivity index (χ3v) is 5.14. The van der Waals surface area contributed by atoms with Gasteiger partial charge in [0.15, 0.2) is 0 Å². The Labute approximate surface area is 170 Å². The molecule has 1 saturated heterocycles. The van der Waals surface area contributed by atoms with E-state index in [9.17, 15) is 4.79 Å². The van der Waals surface area contributed by atoms with E-state index < -0.39 is 0 Å². The van der Waals surface area contributed by atoms with Crippen molar-refractivity contribution in [2.75, 3.05) is 36.4 Å². The topological polar surface area (TPSA) is 74.2 Å². The van der Waals surface area contributed by atoms with E-state index in [4.69, 9.17) is 0 Å². The van der Waals surface area contributed by atoms with Gasteiger partial charge in [0.2, 0.25) is 5.95 Å². The van der Waals surface area contributed by atoms with Gasteiger partial charge in [-0.3, -0.25) is 4.79 Å². The predicted octanol–water partition coefficient (Wildman–Crippen LogP) is 2.75. The first kappa shape index (κ1) is 18.9. The molecule has 0 spiro atoms. The molecule has 0 saturated carbocycles. The van der Waals surface area contributed by atoms with Crippen LogP contribution in [0.3, 0.4) is 0 Å². The van der Waals surface area contributed by atoms with Crippen LogP contribution in [0.1, 0.15) is 21.5 Å². The van der Waals surface area contributed by atoms with Crippen LogP contribution >= 0.6 is 0 Å². The van der Waals surface area contributed by atoms with Gasteiger partial charge in [0.05, 0.1) is 5.56 Å². The fourth-order valence-corrected chi connectivity index (χ4v) is 3.37. The Bertz CT molecular complexity index is 953. The number of pyridine rings is 1. The zero-order chi connectivity index (χ0) is 20.1. The lowest BCUT2D eigenvalue weighted by Crippen LogP contribution is -2.49. The number of benzene rings is 1. The van der Waals surface area contributed by atoms with E-state index >= 15 is 0 Å². The maximum Gasteiger partial charge on any atom is 0.257 e. The molecule has 1 aromatic carbocycles. The summed E-state index contributed by atoms with van der Waals surface area (Å²) in [6, 6.07) is 14.1. The molecule has 29 heavy (non-hydrogen) atoms. The minimum Gasteiger partial charge on any atom is -0.353 e. The molecule has 0 atom stereocenters. The second kappa shape index (κ2) is 8.68. The Kier molecular flexibility index (Phi) is 5.65. The molecule has 0 bridgehead atoms. The fourth-order valence-electron chi connectivity index (χ4n) is 3.37. The molecule has 7 heteroatoms. The molecule has 148 valence electrons. The second-order valence-corrected chi connectivity index (χ2v) is 7.04. The molecular formula is C22H24N6O. The highest BCUT2D eigenvalue weighted by Gasteiger charge is 2.23. The number of rotatable bonds is 5. The third-order valence-electron chi connectivity index (χ3n) is 5.14. The molecule has 0 unspecified atom stereocenters. The molecule has 3 aromatic rings. The lowest BCUT2D eigenvalue weighted by atomic mass is 10.1. The molecule has 0 radical (unpaired) electrons. The van der Waals surface area contributed by atoms with Crippen molar-refractivity contribution in [3.05, 3.63) is 77.7 Å². The Morgan fingerprint density at radius 1 is 0.966 bits per heavy atom. The molecule has 7 nitrogen and oxygen atoms in total. The smallest absolute Gasteiger partial charge is 0.257 e. The van der Waals surface area contributed by atoms with E-state index in [0.29, 0.717) is 31.1 Å². The number of aryl methyl sites for hydroxylation is 1. The van der Waals surface area contributed by atoms with Crippen molar-refractivity contribution in [2.45, 2.75) is 13.5 Å². The van der Waals surface area contributed by atoms with E-state index in [0.717, 1.165) is 18.9 Å². The molecule has 1 aliphatic rings. The molecule has 4 rings (SSSR count). The second-order valence-electron chi connectivity index (χ2n) is 7.04. The van der Waals surface area contributed by atoms with Gasteiger partial charge in [0, 0.05) is 51.3 Å². The van der Waals surface area contributed by atoms with Crippen molar-refractivity contribution < 1.29 is 4.79 Å². The summed E-state index contributed by atoms with van der Waals surface area (Å²) in [5, 5.41) is 3.21. The normalized spacial score (nSPS) is 14.0. The highest BCUT2D eigenvalue weighted by Crippen LogP contribution is 2.15. The maximum absolute atomic E-state index is 12.8. The van der Waals surface area contributed by atoms with Gasteiger partial charge in [-0.15, -0.1) is 0 Å². The molecule has 1 aliphatic heterocycles. The van der Waals surface area contributed by atoms with Crippen LogP contribution < -0.4 is 10.2 Å². The molecule has 1 N–H and O–H groups in total. The minimum atomic E-state index is -0.0314. The number of carbonyl (C=O) groups excluding carboxylic acids is 1. The average Bonchev–Trinajstić information content (AvgIpc) is 2.79. The van der Waals surface area contributed by atoms with Crippen molar-refractivity contribution in [3.8, 4) is 0 Å². The molecule has 2 aromatic heterocycles. The monoisotopic (exact) mass is 388 g/mol. The standard InChI is InChI=1S/C22H24N6O/c1-17-6-2-3-7-18(17)14-24-22-25-15-19(16-26-22)21(29)28-12-10-27(11-13-28)20-8-4-5-9-23-20/h2-9,15-16H,10-14H2,1H3,(H,24,25,26). The first-order chi connectivity index (χ1) is 14.2. The summed E-state index contributed by atoms with van der Waals surface area (Å²) in [6.07, 6.45) is 4.99. The van der Waals surface area contributed by atoms with Gasteiger partial charge in [-0.1, -0.05) is 30.3 Å². The summed E-state index contributed by atoms with van der Waals surface area (Å²) >= 11 is 0. The largest absolute Gasteiger partial charge is 0.353 e. The van der Waals surface area contributed by atoms with Crippen molar-refractivity contribution in [1.29, 1.82) is 0 Å². The summed E-state index contributed by atoms with van der Waals surface area (Å²) in [7, 11) is 0. The predicted molar refractivity (Wildman–Crippen MR) is 113 cm³/mol. The Balaban J connectivity index is 1.32. The average molecular weight is 388 g/mol. The SMILES string of the molecule is Cc1ccccc1CNc1ncc(C(=O)N2CCN(c3ccccn3)CC2)cn1. The van der Waals surface area contributed by atoms with Crippen LogP contribution in [0, 0.1) is 6.92 Å². The number of hydrogen-bond acceptors (Lipinski definition) is 6. The van der Waals surface area contributed by atoms with Crippen LogP contribution in [0.25, 0.3) is 0 Å². The van der Waals surface area contributed by atoms with E-state index in [2.05, 4.69) is 44.2 Å². The van der Waals surface area contributed by atoms with Crippen molar-refractivity contribution >= 4 is 17.7 Å². The lowest BCUT2D eigenvalue weighted by Gasteiger charge is -2.35. The van der Waals surface area contributed by atoms with E-state index in [-0.39, 0.29) is 5.91 Å². The van der Waals surface area contributed by atoms with Gasteiger partial charge in [-0.2, -0.15) is 0 Å². The summed E-state index contributed by atoms with van der Waals surface area (Å²) in [6.45, 7) is 5.56. The highest BCUT2D eigenvalue weighted by atomic mass is 16.2. The minimum absolute atomic E-state index is 0.0314. The fraction of sp³-hybridized carbons (Fsp3) is 0.273. The third kappa shape index (κ3) is 4.51. The van der Waals surface area contributed by atoms with Crippen LogP contribution in [0.4, 0.5) is 11.8 Å². The summed E-state index contributed by atoms with van der Waals surface area (Å²) in [5.41, 5.74) is 2.93. The number of anilines is 2. The molecule has 3 heterocycles. The van der Waals surface area contributed by atoms with Crippen LogP contribution in [0.15, 0.2) is 61.1 Å². The number of piperazine rings is 1. The van der Waals surface area contributed by atoms with Crippen LogP contribution in [-0.2, 0) is 6.54 Å². The van der Waals surface area contributed by atoms with Crippen molar-refractivity contribution in [1.82, 2.24) is 19.9 Å². The Morgan fingerprint density at radius 2 is 1.69 bits per heavy atom. The number of carbonyl (C=O) groups is 1. The van der Waals surface area contributed by atoms with Gasteiger partial charge in [0.1, 0.15) is 5.82 Å². The molecule has 0 aliphatic carbocycles. The van der Waals surface area contributed by atoms with Crippen LogP contribution in [-0.4, -0.2) is 51.9 Å². The summed E-state index contributed by atoms with van der Waals surface area (Å²) in [4.78, 5) is 29.8. The zero-order valence-electron chi connectivity index (χ0n) is 16.5. The quantitative estimate of drug-likeness (QED) is 0.724. The van der Waals surface area contributed by atoms with E-state index in [1.807, 2.05) is 35.2 Å². The number of amides is 1. The van der Waals surface area contributed by atoms with Gasteiger partial charge in [0.25, 0.3) is 5.91 Å². The zero-order valence-corrected chi connectivity index (χ0v) is 16.5. The molecule has 1 fully saturated rings. The summed E-state index contributed by atoms with van der Waals surface area (Å²) in [5.74, 6) is 1.44. The van der Waals surface area contributed by atoms with Crippen LogP contribution in [0.5, 0.6) is 0 Å². The van der Waals surface area contributed by atoms with E-state index in [1.165, 1.54) is 11.1 Å². The maximum atomic E-state index is 12.8. The van der Waals surface area contributed by atoms with Gasteiger partial charge in [-0.25, -0.2) is 15.0 Å². The van der Waals surface area contributed by atoms with Crippen LogP contribution in [0.2, 0.25) is 0 Å². The highest BCUT2D eigenvalue weighted by molar-refractivity contribution is 5.93. The van der Waals surface area contributed by atoms with Crippen molar-refractivity contribution in [2.24, 2.45) is 0 Å². The van der Waals surface area contributed by atoms with E-state index in [1.54, 1.807) is 18.6 Å². The Hall–Kier alpha value is -3.48. The molecule has 1 amide bonds. The molecular weight excluding hydrogens is 364 g/mol. The van der Waals surface area contributed by atoms with Gasteiger partial charge in [-0.05, 0) is 30.2 Å². The number of aromatic nitrogens is 3. The summed E-state index contributed by atoms with van der Waals surface area (Å²) < 4.78 is 0. The number of nitrogens with one attached hydrogen (secondary N) is 1. The first-order valence-corrected chi connectivity index (χ1v) is 9.76. The number of nitrogens with zero attached hydrogens (tertiary/aromatic N) is 5. The first-order valence-electron chi connectivity index (χ1n) is 9.76. The van der Waals surface area contributed by atoms with Gasteiger partial charge >= 0.3 is 0 Å². The Morgan fingerprint density at radius 3 is 2.38 bits per heavy atom. The number of hydrogen-bond donors (Lipinski definition) is 1. The lowest BCUT2D eigenvalue weighted by molar-refractivity contribution is 0.0745. The van der Waals surface area contributed by atoms with Gasteiger partial charge < -0.3 is 15.1 Å². The van der Waals surface area contributed by atoms with Crippen molar-refractivity contribution in [3.63, 3.8) is 0 Å².